The Hall–Kier alpha value is -1.71. The minimum absolute atomic E-state index is 0.336. The van der Waals surface area contributed by atoms with Crippen LogP contribution in [-0.4, -0.2) is 25.5 Å². The largest absolute Gasteiger partial charge is 0.399 e. The van der Waals surface area contributed by atoms with Gasteiger partial charge in [-0.25, -0.2) is 0 Å². The van der Waals surface area contributed by atoms with Gasteiger partial charge in [0.1, 0.15) is 0 Å². The van der Waals surface area contributed by atoms with Crippen molar-refractivity contribution in [1.29, 1.82) is 0 Å². The van der Waals surface area contributed by atoms with E-state index in [2.05, 4.69) is 10.2 Å². The zero-order chi connectivity index (χ0) is 11.4. The summed E-state index contributed by atoms with van der Waals surface area (Å²) in [5.74, 6) is 0. The van der Waals surface area contributed by atoms with E-state index in [1.807, 2.05) is 24.3 Å². The maximum atomic E-state index is 10.3. The Morgan fingerprint density at radius 3 is 2.44 bits per heavy atom. The van der Waals surface area contributed by atoms with Crippen LogP contribution in [0.3, 0.4) is 0 Å². The van der Waals surface area contributed by atoms with Gasteiger partial charge in [-0.3, -0.25) is 4.79 Å². The van der Waals surface area contributed by atoms with Crippen molar-refractivity contribution in [3.8, 4) is 0 Å². The molecule has 16 heavy (non-hydrogen) atoms. The summed E-state index contributed by atoms with van der Waals surface area (Å²) in [6.07, 6.45) is 2.80. The fourth-order valence-corrected chi connectivity index (χ4v) is 2.09. The molecule has 0 unspecified atom stereocenters. The van der Waals surface area contributed by atoms with Gasteiger partial charge in [0.05, 0.1) is 0 Å². The van der Waals surface area contributed by atoms with E-state index in [-0.39, 0.29) is 0 Å². The van der Waals surface area contributed by atoms with Crippen molar-refractivity contribution >= 4 is 17.8 Å². The van der Waals surface area contributed by atoms with E-state index in [0.717, 1.165) is 38.0 Å². The molecule has 86 valence electrons. The molecule has 0 atom stereocenters. The zero-order valence-electron chi connectivity index (χ0n) is 9.23. The lowest BCUT2D eigenvalue weighted by atomic mass is 10.0. The van der Waals surface area contributed by atoms with Gasteiger partial charge in [0.15, 0.2) is 0 Å². The molecule has 1 aliphatic rings. The first kappa shape index (κ1) is 10.8. The van der Waals surface area contributed by atoms with E-state index in [1.165, 1.54) is 5.69 Å². The van der Waals surface area contributed by atoms with Crippen LogP contribution in [0.5, 0.6) is 0 Å². The molecule has 1 amide bonds. The van der Waals surface area contributed by atoms with Crippen LogP contribution >= 0.6 is 0 Å². The molecule has 1 fully saturated rings. The standard InChI is InChI=1S/C12H17N3O/c13-10-1-3-12(4-2-10)15-7-5-11(6-8-15)14-9-16/h1-4,9,11H,5-8,13H2,(H,14,16). The Kier molecular flexibility index (Phi) is 3.29. The Balaban J connectivity index is 1.93. The van der Waals surface area contributed by atoms with Gasteiger partial charge in [0.25, 0.3) is 0 Å². The first-order chi connectivity index (χ1) is 7.79. The van der Waals surface area contributed by atoms with E-state index in [1.54, 1.807) is 0 Å². The fourth-order valence-electron chi connectivity index (χ4n) is 2.09. The Bertz CT molecular complexity index is 342. The van der Waals surface area contributed by atoms with E-state index in [0.29, 0.717) is 6.04 Å². The average molecular weight is 219 g/mol. The lowest BCUT2D eigenvalue weighted by Gasteiger charge is -2.33. The first-order valence-corrected chi connectivity index (χ1v) is 5.60. The summed E-state index contributed by atoms with van der Waals surface area (Å²) in [6.45, 7) is 1.96. The number of anilines is 2. The SMILES string of the molecule is Nc1ccc(N2CCC(NC=O)CC2)cc1. The van der Waals surface area contributed by atoms with Gasteiger partial charge >= 0.3 is 0 Å². The molecule has 4 nitrogen and oxygen atoms in total. The molecule has 0 bridgehead atoms. The number of nitrogen functional groups attached to an aromatic ring is 1. The maximum Gasteiger partial charge on any atom is 0.207 e. The second kappa shape index (κ2) is 4.88. The van der Waals surface area contributed by atoms with Crippen molar-refractivity contribution in [1.82, 2.24) is 5.32 Å². The number of nitrogens with one attached hydrogen (secondary N) is 1. The van der Waals surface area contributed by atoms with Crippen LogP contribution < -0.4 is 16.0 Å². The highest BCUT2D eigenvalue weighted by atomic mass is 16.1. The van der Waals surface area contributed by atoms with Gasteiger partial charge in [-0.2, -0.15) is 0 Å². The molecular weight excluding hydrogens is 202 g/mol. The first-order valence-electron chi connectivity index (χ1n) is 5.60. The van der Waals surface area contributed by atoms with Crippen molar-refractivity contribution in [2.24, 2.45) is 0 Å². The number of amides is 1. The number of benzene rings is 1. The van der Waals surface area contributed by atoms with Gasteiger partial charge in [0, 0.05) is 30.5 Å². The van der Waals surface area contributed by atoms with E-state index >= 15 is 0 Å². The van der Waals surface area contributed by atoms with Crippen LogP contribution in [0.25, 0.3) is 0 Å². The molecule has 4 heteroatoms. The number of carbonyl (C=O) groups excluding carboxylic acids is 1. The van der Waals surface area contributed by atoms with Crippen molar-refractivity contribution < 1.29 is 4.79 Å². The highest BCUT2D eigenvalue weighted by molar-refractivity contribution is 5.53. The maximum absolute atomic E-state index is 10.3. The predicted molar refractivity (Wildman–Crippen MR) is 65.3 cm³/mol. The highest BCUT2D eigenvalue weighted by Gasteiger charge is 2.18. The normalized spacial score (nSPS) is 17.1. The van der Waals surface area contributed by atoms with Crippen LogP contribution in [0, 0.1) is 0 Å². The summed E-state index contributed by atoms with van der Waals surface area (Å²) in [4.78, 5) is 12.6. The van der Waals surface area contributed by atoms with Crippen molar-refractivity contribution in [2.45, 2.75) is 18.9 Å². The van der Waals surface area contributed by atoms with Crippen molar-refractivity contribution in [3.63, 3.8) is 0 Å². The molecular formula is C12H17N3O. The molecule has 1 aromatic rings. The summed E-state index contributed by atoms with van der Waals surface area (Å²) in [5.41, 5.74) is 7.65. The molecule has 0 saturated carbocycles. The minimum Gasteiger partial charge on any atom is -0.399 e. The summed E-state index contributed by atoms with van der Waals surface area (Å²) in [7, 11) is 0. The smallest absolute Gasteiger partial charge is 0.207 e. The number of carbonyl (C=O) groups is 1. The average Bonchev–Trinajstić information content (AvgIpc) is 2.32. The van der Waals surface area contributed by atoms with Crippen LogP contribution in [0.15, 0.2) is 24.3 Å². The summed E-state index contributed by atoms with van der Waals surface area (Å²) < 4.78 is 0. The third-order valence-corrected chi connectivity index (χ3v) is 3.06. The fraction of sp³-hybridized carbons (Fsp3) is 0.417. The monoisotopic (exact) mass is 219 g/mol. The van der Waals surface area contributed by atoms with Crippen LogP contribution in [0.1, 0.15) is 12.8 Å². The number of nitrogens with two attached hydrogens (primary N) is 1. The van der Waals surface area contributed by atoms with E-state index < -0.39 is 0 Å². The van der Waals surface area contributed by atoms with Gasteiger partial charge < -0.3 is 16.0 Å². The summed E-state index contributed by atoms with van der Waals surface area (Å²) >= 11 is 0. The van der Waals surface area contributed by atoms with Crippen LogP contribution in [-0.2, 0) is 4.79 Å². The molecule has 0 aliphatic carbocycles. The van der Waals surface area contributed by atoms with Gasteiger partial charge in [-0.05, 0) is 37.1 Å². The topological polar surface area (TPSA) is 58.4 Å². The lowest BCUT2D eigenvalue weighted by molar-refractivity contribution is -0.110. The zero-order valence-corrected chi connectivity index (χ0v) is 9.23. The number of hydrogen-bond donors (Lipinski definition) is 2. The molecule has 0 spiro atoms. The molecule has 1 aliphatic heterocycles. The van der Waals surface area contributed by atoms with Crippen molar-refractivity contribution in [3.05, 3.63) is 24.3 Å². The molecule has 2 rings (SSSR count). The number of nitrogens with zero attached hydrogens (tertiary/aromatic N) is 1. The van der Waals surface area contributed by atoms with Crippen LogP contribution in [0.2, 0.25) is 0 Å². The highest BCUT2D eigenvalue weighted by Crippen LogP contribution is 2.20. The molecule has 0 radical (unpaired) electrons. The third kappa shape index (κ3) is 2.45. The Morgan fingerprint density at radius 1 is 1.25 bits per heavy atom. The van der Waals surface area contributed by atoms with E-state index in [4.69, 9.17) is 5.73 Å². The third-order valence-electron chi connectivity index (χ3n) is 3.06. The number of hydrogen-bond acceptors (Lipinski definition) is 3. The predicted octanol–water partition coefficient (Wildman–Crippen LogP) is 0.984. The quantitative estimate of drug-likeness (QED) is 0.588. The molecule has 1 heterocycles. The molecule has 0 aromatic heterocycles. The summed E-state index contributed by atoms with van der Waals surface area (Å²) in [6, 6.07) is 8.27. The minimum atomic E-state index is 0.336. The van der Waals surface area contributed by atoms with Gasteiger partial charge in [0.2, 0.25) is 6.41 Å². The van der Waals surface area contributed by atoms with Crippen LogP contribution in [0.4, 0.5) is 11.4 Å². The van der Waals surface area contributed by atoms with E-state index in [9.17, 15) is 4.79 Å². The second-order valence-corrected chi connectivity index (χ2v) is 4.14. The number of rotatable bonds is 3. The Labute approximate surface area is 95.4 Å². The Morgan fingerprint density at radius 2 is 1.88 bits per heavy atom. The van der Waals surface area contributed by atoms with Crippen molar-refractivity contribution in [2.75, 3.05) is 23.7 Å². The molecule has 1 aromatic carbocycles. The molecule has 3 N–H and O–H groups in total. The van der Waals surface area contributed by atoms with Gasteiger partial charge in [-0.15, -0.1) is 0 Å². The van der Waals surface area contributed by atoms with Gasteiger partial charge in [-0.1, -0.05) is 0 Å². The lowest BCUT2D eigenvalue weighted by Crippen LogP contribution is -2.42. The molecule has 1 saturated heterocycles. The summed E-state index contributed by atoms with van der Waals surface area (Å²) in [5, 5.41) is 2.84. The number of piperidine rings is 1. The second-order valence-electron chi connectivity index (χ2n) is 4.14.